The Morgan fingerprint density at radius 3 is 1.94 bits per heavy atom. The van der Waals surface area contributed by atoms with Crippen LogP contribution in [-0.2, 0) is 23.8 Å². The first kappa shape index (κ1) is 27.8. The van der Waals surface area contributed by atoms with Gasteiger partial charge >= 0.3 is 11.9 Å². The van der Waals surface area contributed by atoms with Gasteiger partial charge in [0.15, 0.2) is 5.60 Å². The largest absolute Gasteiger partial charge is 0.466 e. The van der Waals surface area contributed by atoms with Crippen molar-refractivity contribution in [2.45, 2.75) is 90.1 Å². The Balaban J connectivity index is 1.60. The number of allylic oxidation sites excluding steroid dienone is 2. The van der Waals surface area contributed by atoms with Gasteiger partial charge in [-0.2, -0.15) is 0 Å². The monoisotopic (exact) mass is 470 g/mol. The molecule has 1 aliphatic rings. The maximum absolute atomic E-state index is 12.7. The lowest BCUT2D eigenvalue weighted by atomic mass is 9.89. The van der Waals surface area contributed by atoms with Gasteiger partial charge in [-0.05, 0) is 37.0 Å². The zero-order valence-electron chi connectivity index (χ0n) is 21.1. The van der Waals surface area contributed by atoms with E-state index in [1.165, 1.54) is 45.4 Å². The summed E-state index contributed by atoms with van der Waals surface area (Å²) >= 11 is 0. The van der Waals surface area contributed by atoms with Crippen LogP contribution in [0.15, 0.2) is 48.6 Å². The summed E-state index contributed by atoms with van der Waals surface area (Å²) in [6.07, 6.45) is 18.0. The van der Waals surface area contributed by atoms with E-state index in [2.05, 4.69) is 18.2 Å². The summed E-state index contributed by atoms with van der Waals surface area (Å²) in [5.41, 5.74) is 1.23. The van der Waals surface area contributed by atoms with Crippen LogP contribution in [0.3, 0.4) is 0 Å². The first-order chi connectivity index (χ1) is 16.6. The molecule has 0 heterocycles. The fourth-order valence-corrected chi connectivity index (χ4v) is 4.13. The number of rotatable bonds is 17. The topological polar surface area (TPSA) is 61.8 Å². The van der Waals surface area contributed by atoms with Crippen molar-refractivity contribution in [1.29, 1.82) is 0 Å². The molecule has 0 saturated carbocycles. The second kappa shape index (κ2) is 16.3. The van der Waals surface area contributed by atoms with Crippen LogP contribution >= 0.6 is 0 Å². The fourth-order valence-electron chi connectivity index (χ4n) is 4.13. The van der Waals surface area contributed by atoms with Gasteiger partial charge in [-0.15, -0.1) is 0 Å². The third-order valence-corrected chi connectivity index (χ3v) is 6.09. The first-order valence-corrected chi connectivity index (χ1v) is 13.0. The molecule has 0 N–H and O–H groups in total. The molecular formula is C29H42O5. The highest BCUT2D eigenvalue weighted by Crippen LogP contribution is 2.31. The van der Waals surface area contributed by atoms with Crippen LogP contribution in [0.4, 0.5) is 0 Å². The van der Waals surface area contributed by atoms with Gasteiger partial charge in [-0.1, -0.05) is 93.9 Å². The molecule has 0 bridgehead atoms. The maximum atomic E-state index is 12.7. The van der Waals surface area contributed by atoms with E-state index >= 15 is 0 Å². The maximum Gasteiger partial charge on any atom is 0.342 e. The number of benzene rings is 1. The van der Waals surface area contributed by atoms with Gasteiger partial charge < -0.3 is 14.2 Å². The van der Waals surface area contributed by atoms with Crippen LogP contribution < -0.4 is 0 Å². The number of ether oxygens (including phenoxy) is 3. The minimum atomic E-state index is -1.01. The Kier molecular flexibility index (Phi) is 13.3. The molecule has 1 aliphatic carbocycles. The third-order valence-electron chi connectivity index (χ3n) is 6.09. The van der Waals surface area contributed by atoms with Crippen molar-refractivity contribution >= 4 is 17.5 Å². The van der Waals surface area contributed by atoms with E-state index in [0.29, 0.717) is 26.2 Å². The van der Waals surface area contributed by atoms with E-state index in [1.54, 1.807) is 0 Å². The molecule has 1 unspecified atom stereocenters. The molecule has 5 nitrogen and oxygen atoms in total. The summed E-state index contributed by atoms with van der Waals surface area (Å²) in [5.74, 6) is -0.492. The summed E-state index contributed by atoms with van der Waals surface area (Å²) in [6, 6.07) is 10.2. The molecule has 0 saturated heterocycles. The van der Waals surface area contributed by atoms with Gasteiger partial charge in [0.2, 0.25) is 0 Å². The minimum Gasteiger partial charge on any atom is -0.466 e. The molecule has 0 spiro atoms. The van der Waals surface area contributed by atoms with Gasteiger partial charge in [-0.3, -0.25) is 4.79 Å². The highest BCUT2D eigenvalue weighted by atomic mass is 16.6. The number of unbranched alkanes of at least 4 members (excludes halogenated alkanes) is 9. The predicted octanol–water partition coefficient (Wildman–Crippen LogP) is 6.81. The molecule has 1 aromatic carbocycles. The third kappa shape index (κ3) is 10.3. The smallest absolute Gasteiger partial charge is 0.342 e. The molecular weight excluding hydrogens is 428 g/mol. The summed E-state index contributed by atoms with van der Waals surface area (Å²) in [4.78, 5) is 23.4. The SMILES string of the molecule is CCOC(=O)C1(OCCCCCCCCCCCCOC(C)=O)C=CC(c2ccccc2)=CC1. The van der Waals surface area contributed by atoms with Crippen molar-refractivity contribution in [2.24, 2.45) is 0 Å². The van der Waals surface area contributed by atoms with E-state index < -0.39 is 5.60 Å². The van der Waals surface area contributed by atoms with Crippen LogP contribution in [0.1, 0.15) is 90.0 Å². The first-order valence-electron chi connectivity index (χ1n) is 13.0. The number of hydrogen-bond acceptors (Lipinski definition) is 5. The number of carbonyl (C=O) groups excluding carboxylic acids is 2. The highest BCUT2D eigenvalue weighted by molar-refractivity contribution is 5.86. The molecule has 0 aliphatic heterocycles. The van der Waals surface area contributed by atoms with Crippen LogP contribution in [0.5, 0.6) is 0 Å². The van der Waals surface area contributed by atoms with Gasteiger partial charge in [-0.25, -0.2) is 4.79 Å². The Bertz CT molecular complexity index is 783. The molecule has 0 radical (unpaired) electrons. The molecule has 5 heteroatoms. The lowest BCUT2D eigenvalue weighted by Crippen LogP contribution is -2.42. The average molecular weight is 471 g/mol. The van der Waals surface area contributed by atoms with E-state index in [1.807, 2.05) is 37.3 Å². The zero-order chi connectivity index (χ0) is 24.5. The molecule has 0 fully saturated rings. The van der Waals surface area contributed by atoms with Crippen molar-refractivity contribution in [2.75, 3.05) is 19.8 Å². The number of carbonyl (C=O) groups is 2. The Morgan fingerprint density at radius 2 is 1.41 bits per heavy atom. The van der Waals surface area contributed by atoms with E-state index in [9.17, 15) is 9.59 Å². The fraction of sp³-hybridized carbons (Fsp3) is 0.586. The quantitative estimate of drug-likeness (QED) is 0.185. The molecule has 0 aromatic heterocycles. The predicted molar refractivity (Wildman–Crippen MR) is 136 cm³/mol. The second-order valence-electron chi connectivity index (χ2n) is 8.90. The summed E-state index contributed by atoms with van der Waals surface area (Å²) < 4.78 is 16.4. The Hall–Kier alpha value is -2.40. The van der Waals surface area contributed by atoms with Crippen LogP contribution in [0.2, 0.25) is 0 Å². The number of esters is 2. The van der Waals surface area contributed by atoms with Crippen molar-refractivity contribution in [3.8, 4) is 0 Å². The lowest BCUT2D eigenvalue weighted by Gasteiger charge is -2.30. The summed E-state index contributed by atoms with van der Waals surface area (Å²) in [7, 11) is 0. The van der Waals surface area contributed by atoms with Crippen molar-refractivity contribution in [3.63, 3.8) is 0 Å². The van der Waals surface area contributed by atoms with Gasteiger partial charge in [0.1, 0.15) is 0 Å². The van der Waals surface area contributed by atoms with Gasteiger partial charge in [0.25, 0.3) is 0 Å². The average Bonchev–Trinajstić information content (AvgIpc) is 2.85. The summed E-state index contributed by atoms with van der Waals surface area (Å²) in [6.45, 7) is 4.73. The highest BCUT2D eigenvalue weighted by Gasteiger charge is 2.39. The zero-order valence-corrected chi connectivity index (χ0v) is 21.1. The molecule has 1 aromatic rings. The second-order valence-corrected chi connectivity index (χ2v) is 8.90. The van der Waals surface area contributed by atoms with Crippen molar-refractivity contribution < 1.29 is 23.8 Å². The molecule has 0 amide bonds. The van der Waals surface area contributed by atoms with E-state index in [0.717, 1.165) is 36.8 Å². The molecule has 188 valence electrons. The molecule has 34 heavy (non-hydrogen) atoms. The van der Waals surface area contributed by atoms with Gasteiger partial charge in [0.05, 0.1) is 13.2 Å². The van der Waals surface area contributed by atoms with E-state index in [-0.39, 0.29) is 11.9 Å². The lowest BCUT2D eigenvalue weighted by molar-refractivity contribution is -0.165. The normalized spacial score (nSPS) is 17.3. The van der Waals surface area contributed by atoms with Crippen LogP contribution in [0.25, 0.3) is 5.57 Å². The summed E-state index contributed by atoms with van der Waals surface area (Å²) in [5, 5.41) is 0. The standard InChI is InChI=1S/C29H42O5/c1-3-32-28(31)29(21-19-27(20-22-29)26-17-13-12-14-18-26)34-24-16-11-9-7-5-4-6-8-10-15-23-33-25(2)30/h12-14,17-21H,3-11,15-16,22-24H2,1-2H3. The van der Waals surface area contributed by atoms with E-state index in [4.69, 9.17) is 14.2 Å². The van der Waals surface area contributed by atoms with Crippen LogP contribution in [0, 0.1) is 0 Å². The Morgan fingerprint density at radius 1 is 0.824 bits per heavy atom. The molecule has 1 atom stereocenters. The van der Waals surface area contributed by atoms with Gasteiger partial charge in [0, 0.05) is 20.0 Å². The molecule has 2 rings (SSSR count). The van der Waals surface area contributed by atoms with Crippen molar-refractivity contribution in [1.82, 2.24) is 0 Å². The Labute approximate surface area is 205 Å². The number of hydrogen-bond donors (Lipinski definition) is 0. The van der Waals surface area contributed by atoms with Crippen LogP contribution in [-0.4, -0.2) is 37.4 Å². The van der Waals surface area contributed by atoms with Crippen molar-refractivity contribution in [3.05, 3.63) is 54.1 Å². The minimum absolute atomic E-state index is 0.189.